The number of methoxy groups -OCH3 is 1. The van der Waals surface area contributed by atoms with Gasteiger partial charge in [0.1, 0.15) is 5.60 Å². The highest BCUT2D eigenvalue weighted by atomic mass is 19.4. The molecule has 0 aromatic heterocycles. The van der Waals surface area contributed by atoms with E-state index in [-0.39, 0.29) is 11.1 Å². The Morgan fingerprint density at radius 1 is 1.08 bits per heavy atom. The van der Waals surface area contributed by atoms with Crippen LogP contribution in [0.25, 0.3) is 0 Å². The van der Waals surface area contributed by atoms with Crippen molar-refractivity contribution >= 4 is 12.1 Å². The highest BCUT2D eigenvalue weighted by molar-refractivity contribution is 5.89. The van der Waals surface area contributed by atoms with Crippen molar-refractivity contribution in [3.63, 3.8) is 0 Å². The van der Waals surface area contributed by atoms with E-state index in [2.05, 4.69) is 11.3 Å². The lowest BCUT2D eigenvalue weighted by Crippen LogP contribution is -2.27. The standard InChI is InChI=1S/C17H19F3O5/c1-10(14(21)23-5)13(24-15(22)25-16(2,3)4)11-6-8-12(9-7-11)17(18,19)20/h6-9,13H,1H2,2-5H3. The number of benzene rings is 1. The van der Waals surface area contributed by atoms with Crippen molar-refractivity contribution in [1.82, 2.24) is 0 Å². The molecule has 138 valence electrons. The van der Waals surface area contributed by atoms with Crippen LogP contribution in [0.15, 0.2) is 36.4 Å². The molecule has 0 fully saturated rings. The first kappa shape index (κ1) is 20.5. The summed E-state index contributed by atoms with van der Waals surface area (Å²) in [5, 5.41) is 0. The number of carbonyl (C=O) groups is 2. The van der Waals surface area contributed by atoms with Crippen molar-refractivity contribution in [2.45, 2.75) is 38.7 Å². The van der Waals surface area contributed by atoms with Crippen LogP contribution < -0.4 is 0 Å². The van der Waals surface area contributed by atoms with E-state index < -0.39 is 35.6 Å². The maximum absolute atomic E-state index is 12.7. The van der Waals surface area contributed by atoms with Crippen LogP contribution in [0.1, 0.15) is 38.0 Å². The van der Waals surface area contributed by atoms with Crippen molar-refractivity contribution in [3.8, 4) is 0 Å². The Labute approximate surface area is 143 Å². The summed E-state index contributed by atoms with van der Waals surface area (Å²) in [5.74, 6) is -0.867. The van der Waals surface area contributed by atoms with Gasteiger partial charge in [0.15, 0.2) is 6.10 Å². The second kappa shape index (κ2) is 7.58. The molecule has 5 nitrogen and oxygen atoms in total. The fourth-order valence-corrected chi connectivity index (χ4v) is 1.80. The molecular weight excluding hydrogens is 341 g/mol. The van der Waals surface area contributed by atoms with Crippen molar-refractivity contribution < 1.29 is 37.0 Å². The second-order valence-corrected chi connectivity index (χ2v) is 6.10. The molecule has 1 unspecified atom stereocenters. The average molecular weight is 360 g/mol. The van der Waals surface area contributed by atoms with Crippen LogP contribution in [0, 0.1) is 0 Å². The third kappa shape index (κ3) is 6.13. The van der Waals surface area contributed by atoms with Crippen LogP contribution >= 0.6 is 0 Å². The van der Waals surface area contributed by atoms with Crippen molar-refractivity contribution in [2.75, 3.05) is 7.11 Å². The number of esters is 1. The predicted molar refractivity (Wildman–Crippen MR) is 82.7 cm³/mol. The van der Waals surface area contributed by atoms with Gasteiger partial charge in [-0.25, -0.2) is 9.59 Å². The van der Waals surface area contributed by atoms with Gasteiger partial charge in [-0.2, -0.15) is 13.2 Å². The lowest BCUT2D eigenvalue weighted by atomic mass is 10.0. The minimum Gasteiger partial charge on any atom is -0.466 e. The van der Waals surface area contributed by atoms with Crippen molar-refractivity contribution in [3.05, 3.63) is 47.5 Å². The molecule has 0 spiro atoms. The van der Waals surface area contributed by atoms with Gasteiger partial charge in [-0.15, -0.1) is 0 Å². The van der Waals surface area contributed by atoms with Crippen LogP contribution in [-0.2, 0) is 25.2 Å². The summed E-state index contributed by atoms with van der Waals surface area (Å²) in [6.45, 7) is 8.32. The van der Waals surface area contributed by atoms with Gasteiger partial charge in [0.2, 0.25) is 0 Å². The van der Waals surface area contributed by atoms with E-state index in [0.717, 1.165) is 31.4 Å². The zero-order chi connectivity index (χ0) is 19.4. The van der Waals surface area contributed by atoms with E-state index in [1.54, 1.807) is 20.8 Å². The van der Waals surface area contributed by atoms with Crippen LogP contribution in [0.3, 0.4) is 0 Å². The Morgan fingerprint density at radius 3 is 2.00 bits per heavy atom. The van der Waals surface area contributed by atoms with E-state index >= 15 is 0 Å². The van der Waals surface area contributed by atoms with Crippen LogP contribution in [0.4, 0.5) is 18.0 Å². The van der Waals surface area contributed by atoms with Gasteiger partial charge in [0.05, 0.1) is 18.2 Å². The average Bonchev–Trinajstić information content (AvgIpc) is 2.48. The largest absolute Gasteiger partial charge is 0.509 e. The van der Waals surface area contributed by atoms with Gasteiger partial charge in [0.25, 0.3) is 0 Å². The Balaban J connectivity index is 3.12. The first-order valence-corrected chi connectivity index (χ1v) is 7.19. The minimum absolute atomic E-state index is 0.120. The van der Waals surface area contributed by atoms with Crippen LogP contribution in [0.2, 0.25) is 0 Å². The van der Waals surface area contributed by atoms with Gasteiger partial charge in [-0.05, 0) is 38.5 Å². The summed E-state index contributed by atoms with van der Waals surface area (Å²) in [6.07, 6.45) is -6.95. The number of hydrogen-bond acceptors (Lipinski definition) is 5. The number of alkyl halides is 3. The number of ether oxygens (including phenoxy) is 3. The quantitative estimate of drug-likeness (QED) is 0.587. The van der Waals surface area contributed by atoms with E-state index in [1.165, 1.54) is 0 Å². The van der Waals surface area contributed by atoms with E-state index in [9.17, 15) is 22.8 Å². The molecule has 1 atom stereocenters. The predicted octanol–water partition coefficient (Wildman–Crippen LogP) is 4.43. The fourth-order valence-electron chi connectivity index (χ4n) is 1.80. The lowest BCUT2D eigenvalue weighted by Gasteiger charge is -2.23. The molecule has 1 aromatic carbocycles. The van der Waals surface area contributed by atoms with Crippen LogP contribution in [0.5, 0.6) is 0 Å². The highest BCUT2D eigenvalue weighted by Gasteiger charge is 2.32. The Bertz CT molecular complexity index is 642. The third-order valence-electron chi connectivity index (χ3n) is 2.91. The minimum atomic E-state index is -4.51. The molecule has 0 N–H and O–H groups in total. The monoisotopic (exact) mass is 360 g/mol. The SMILES string of the molecule is C=C(C(=O)OC)C(OC(=O)OC(C)(C)C)c1ccc(C(F)(F)F)cc1. The normalized spacial score (nSPS) is 12.9. The molecule has 0 aliphatic rings. The summed E-state index contributed by atoms with van der Waals surface area (Å²) >= 11 is 0. The maximum atomic E-state index is 12.7. The summed E-state index contributed by atoms with van der Waals surface area (Å²) in [5.41, 5.74) is -1.87. The number of rotatable bonds is 4. The van der Waals surface area contributed by atoms with Gasteiger partial charge >= 0.3 is 18.3 Å². The topological polar surface area (TPSA) is 61.8 Å². The van der Waals surface area contributed by atoms with E-state index in [4.69, 9.17) is 9.47 Å². The van der Waals surface area contributed by atoms with Crippen molar-refractivity contribution in [1.29, 1.82) is 0 Å². The molecule has 0 heterocycles. The molecule has 0 aliphatic carbocycles. The summed E-state index contributed by atoms with van der Waals surface area (Å²) in [7, 11) is 1.10. The molecule has 0 bridgehead atoms. The molecule has 0 saturated carbocycles. The Morgan fingerprint density at radius 2 is 1.60 bits per heavy atom. The van der Waals surface area contributed by atoms with E-state index in [1.807, 2.05) is 0 Å². The van der Waals surface area contributed by atoms with Gasteiger partial charge in [-0.3, -0.25) is 0 Å². The molecular formula is C17H19F3O5. The molecule has 0 radical (unpaired) electrons. The highest BCUT2D eigenvalue weighted by Crippen LogP contribution is 2.32. The summed E-state index contributed by atoms with van der Waals surface area (Å²) in [4.78, 5) is 23.6. The molecule has 1 rings (SSSR count). The first-order chi connectivity index (χ1) is 11.3. The molecule has 1 aromatic rings. The number of halogens is 3. The van der Waals surface area contributed by atoms with Crippen LogP contribution in [-0.4, -0.2) is 24.8 Å². The Kier molecular flexibility index (Phi) is 6.23. The third-order valence-corrected chi connectivity index (χ3v) is 2.91. The summed E-state index contributed by atoms with van der Waals surface area (Å²) in [6, 6.07) is 3.80. The van der Waals surface area contributed by atoms with E-state index in [0.29, 0.717) is 0 Å². The lowest BCUT2D eigenvalue weighted by molar-refractivity contribution is -0.138. The number of carbonyl (C=O) groups excluding carboxylic acids is 2. The Hall–Kier alpha value is -2.51. The van der Waals surface area contributed by atoms with Gasteiger partial charge in [-0.1, -0.05) is 18.7 Å². The molecule has 8 heteroatoms. The zero-order valence-electron chi connectivity index (χ0n) is 14.3. The van der Waals surface area contributed by atoms with Gasteiger partial charge < -0.3 is 14.2 Å². The summed E-state index contributed by atoms with van der Waals surface area (Å²) < 4.78 is 52.6. The maximum Gasteiger partial charge on any atom is 0.509 e. The molecule has 0 saturated heterocycles. The smallest absolute Gasteiger partial charge is 0.466 e. The molecule has 0 amide bonds. The molecule has 0 aliphatic heterocycles. The van der Waals surface area contributed by atoms with Gasteiger partial charge in [0, 0.05) is 0 Å². The number of hydrogen-bond donors (Lipinski definition) is 0. The second-order valence-electron chi connectivity index (χ2n) is 6.10. The zero-order valence-corrected chi connectivity index (χ0v) is 14.3. The van der Waals surface area contributed by atoms with Crippen molar-refractivity contribution in [2.24, 2.45) is 0 Å². The molecule has 25 heavy (non-hydrogen) atoms. The fraction of sp³-hybridized carbons (Fsp3) is 0.412. The first-order valence-electron chi connectivity index (χ1n) is 7.19.